The predicted octanol–water partition coefficient (Wildman–Crippen LogP) is 0.469. The Balaban J connectivity index is 3.01. The Labute approximate surface area is 118 Å². The van der Waals surface area contributed by atoms with E-state index < -0.39 is 11.2 Å². The molecule has 7 nitrogen and oxygen atoms in total. The number of hydrogen-bond donors (Lipinski definition) is 3. The average molecular weight is 284 g/mol. The number of aromatic nitrogens is 2. The summed E-state index contributed by atoms with van der Waals surface area (Å²) < 4.78 is 6.23. The third-order valence-corrected chi connectivity index (χ3v) is 3.50. The lowest BCUT2D eigenvalue weighted by Crippen LogP contribution is -2.35. The minimum Gasteiger partial charge on any atom is -0.383 e. The van der Waals surface area contributed by atoms with Gasteiger partial charge < -0.3 is 15.8 Å². The first-order chi connectivity index (χ1) is 9.38. The molecule has 0 aliphatic carbocycles. The van der Waals surface area contributed by atoms with Crippen LogP contribution in [0.5, 0.6) is 0 Å². The van der Waals surface area contributed by atoms with Crippen molar-refractivity contribution in [2.24, 2.45) is 11.8 Å². The second-order valence-corrected chi connectivity index (χ2v) is 5.27. The summed E-state index contributed by atoms with van der Waals surface area (Å²) in [5.41, 5.74) is 5.15. The van der Waals surface area contributed by atoms with Crippen molar-refractivity contribution in [1.82, 2.24) is 9.55 Å². The van der Waals surface area contributed by atoms with Gasteiger partial charge in [-0.2, -0.15) is 0 Å². The van der Waals surface area contributed by atoms with E-state index >= 15 is 0 Å². The van der Waals surface area contributed by atoms with E-state index in [9.17, 15) is 9.59 Å². The number of hydrogen-bond acceptors (Lipinski definition) is 5. The minimum absolute atomic E-state index is 0.145. The number of nitrogens with two attached hydrogens (primary N) is 1. The molecule has 1 heterocycles. The molecule has 1 unspecified atom stereocenters. The van der Waals surface area contributed by atoms with Gasteiger partial charge in [0.05, 0.1) is 13.2 Å². The van der Waals surface area contributed by atoms with Crippen LogP contribution in [0.2, 0.25) is 0 Å². The summed E-state index contributed by atoms with van der Waals surface area (Å²) in [6.07, 6.45) is 0. The first-order valence-electron chi connectivity index (χ1n) is 6.73. The Hall–Kier alpha value is -1.76. The Morgan fingerprint density at radius 2 is 2.00 bits per heavy atom. The van der Waals surface area contributed by atoms with Gasteiger partial charge in [-0.05, 0) is 11.8 Å². The Bertz CT molecular complexity index is 548. The van der Waals surface area contributed by atoms with Crippen molar-refractivity contribution in [3.63, 3.8) is 0 Å². The Morgan fingerprint density at radius 3 is 2.55 bits per heavy atom. The first-order valence-corrected chi connectivity index (χ1v) is 6.73. The largest absolute Gasteiger partial charge is 0.383 e. The molecule has 0 fully saturated rings. The number of rotatable bonds is 7. The van der Waals surface area contributed by atoms with Crippen LogP contribution in [0.4, 0.5) is 11.5 Å². The van der Waals surface area contributed by atoms with Crippen molar-refractivity contribution in [3.8, 4) is 0 Å². The summed E-state index contributed by atoms with van der Waals surface area (Å²) >= 11 is 0. The maximum atomic E-state index is 11.8. The number of nitrogens with zero attached hydrogens (tertiary/aromatic N) is 1. The molecular weight excluding hydrogens is 260 g/mol. The van der Waals surface area contributed by atoms with E-state index in [1.54, 1.807) is 0 Å². The van der Waals surface area contributed by atoms with Gasteiger partial charge in [0.2, 0.25) is 0 Å². The zero-order valence-corrected chi connectivity index (χ0v) is 12.5. The maximum absolute atomic E-state index is 11.8. The van der Waals surface area contributed by atoms with Crippen LogP contribution >= 0.6 is 0 Å². The number of aromatic amines is 1. The normalized spacial score (nSPS) is 12.7. The van der Waals surface area contributed by atoms with Crippen molar-refractivity contribution in [1.29, 1.82) is 0 Å². The molecule has 0 aliphatic heterocycles. The summed E-state index contributed by atoms with van der Waals surface area (Å²) in [5.74, 6) is 1.02. The molecule has 0 saturated carbocycles. The zero-order chi connectivity index (χ0) is 15.3. The monoisotopic (exact) mass is 284 g/mol. The summed E-state index contributed by atoms with van der Waals surface area (Å²) in [4.78, 5) is 25.8. The van der Waals surface area contributed by atoms with Crippen LogP contribution in [0.15, 0.2) is 9.59 Å². The second kappa shape index (κ2) is 7.14. The van der Waals surface area contributed by atoms with E-state index in [2.05, 4.69) is 31.1 Å². The number of ether oxygens (including phenoxy) is 1. The molecule has 1 rings (SSSR count). The van der Waals surface area contributed by atoms with Crippen molar-refractivity contribution in [2.75, 3.05) is 31.3 Å². The van der Waals surface area contributed by atoms with Crippen LogP contribution in [0.25, 0.3) is 0 Å². The predicted molar refractivity (Wildman–Crippen MR) is 80.1 cm³/mol. The van der Waals surface area contributed by atoms with Crippen LogP contribution < -0.4 is 22.3 Å². The van der Waals surface area contributed by atoms with E-state index in [1.165, 1.54) is 11.7 Å². The third-order valence-electron chi connectivity index (χ3n) is 3.50. The van der Waals surface area contributed by atoms with E-state index in [0.29, 0.717) is 31.5 Å². The van der Waals surface area contributed by atoms with Crippen molar-refractivity contribution in [3.05, 3.63) is 20.8 Å². The fraction of sp³-hybridized carbons (Fsp3) is 0.692. The molecule has 0 aromatic carbocycles. The van der Waals surface area contributed by atoms with Crippen LogP contribution in [0.1, 0.15) is 20.8 Å². The van der Waals surface area contributed by atoms with Crippen molar-refractivity contribution in [2.45, 2.75) is 27.3 Å². The molecule has 20 heavy (non-hydrogen) atoms. The molecule has 114 valence electrons. The number of nitrogens with one attached hydrogen (secondary N) is 2. The quantitative estimate of drug-likeness (QED) is 0.675. The number of methoxy groups -OCH3 is 1. The SMILES string of the molecule is COCCn1c(N)c(NCC(C)C(C)C)c(=O)[nH]c1=O. The minimum atomic E-state index is -0.521. The van der Waals surface area contributed by atoms with Gasteiger partial charge in [0.25, 0.3) is 5.56 Å². The van der Waals surface area contributed by atoms with Gasteiger partial charge in [0.15, 0.2) is 0 Å². The molecule has 0 bridgehead atoms. The van der Waals surface area contributed by atoms with Gasteiger partial charge in [-0.3, -0.25) is 14.3 Å². The van der Waals surface area contributed by atoms with Crippen LogP contribution in [0.3, 0.4) is 0 Å². The molecule has 0 aliphatic rings. The third kappa shape index (κ3) is 3.86. The van der Waals surface area contributed by atoms with E-state index in [1.807, 2.05) is 0 Å². The fourth-order valence-corrected chi connectivity index (χ4v) is 1.66. The average Bonchev–Trinajstić information content (AvgIpc) is 2.37. The van der Waals surface area contributed by atoms with Gasteiger partial charge in [0, 0.05) is 13.7 Å². The fourth-order valence-electron chi connectivity index (χ4n) is 1.66. The Kier molecular flexibility index (Phi) is 5.82. The van der Waals surface area contributed by atoms with Crippen LogP contribution in [-0.4, -0.2) is 29.8 Å². The van der Waals surface area contributed by atoms with Crippen molar-refractivity contribution < 1.29 is 4.74 Å². The molecule has 0 saturated heterocycles. The first kappa shape index (κ1) is 16.3. The lowest BCUT2D eigenvalue weighted by atomic mass is 9.98. The van der Waals surface area contributed by atoms with E-state index in [-0.39, 0.29) is 11.5 Å². The topological polar surface area (TPSA) is 102 Å². The number of nitrogen functional groups attached to an aromatic ring is 1. The molecule has 0 amide bonds. The van der Waals surface area contributed by atoms with E-state index in [0.717, 1.165) is 0 Å². The molecule has 1 aromatic heterocycles. The molecule has 4 N–H and O–H groups in total. The zero-order valence-electron chi connectivity index (χ0n) is 12.5. The molecule has 1 atom stereocenters. The highest BCUT2D eigenvalue weighted by atomic mass is 16.5. The number of anilines is 2. The smallest absolute Gasteiger partial charge is 0.330 e. The second-order valence-electron chi connectivity index (χ2n) is 5.27. The van der Waals surface area contributed by atoms with Gasteiger partial charge in [-0.1, -0.05) is 20.8 Å². The van der Waals surface area contributed by atoms with Crippen LogP contribution in [-0.2, 0) is 11.3 Å². The van der Waals surface area contributed by atoms with Gasteiger partial charge in [0.1, 0.15) is 11.5 Å². The van der Waals surface area contributed by atoms with E-state index in [4.69, 9.17) is 10.5 Å². The lowest BCUT2D eigenvalue weighted by Gasteiger charge is -2.18. The highest BCUT2D eigenvalue weighted by Crippen LogP contribution is 2.14. The lowest BCUT2D eigenvalue weighted by molar-refractivity contribution is 0.186. The standard InChI is InChI=1S/C13H24N4O3/c1-8(2)9(3)7-15-10-11(14)17(5-6-20-4)13(19)16-12(10)18/h8-9,15H,5-7,14H2,1-4H3,(H,16,18,19). The number of H-pyrrole nitrogens is 1. The van der Waals surface area contributed by atoms with Gasteiger partial charge in [-0.15, -0.1) is 0 Å². The highest BCUT2D eigenvalue weighted by Gasteiger charge is 2.14. The maximum Gasteiger partial charge on any atom is 0.330 e. The Morgan fingerprint density at radius 1 is 1.35 bits per heavy atom. The summed E-state index contributed by atoms with van der Waals surface area (Å²) in [5, 5.41) is 3.04. The molecule has 1 aromatic rings. The van der Waals surface area contributed by atoms with Gasteiger partial charge in [-0.25, -0.2) is 4.79 Å². The summed E-state index contributed by atoms with van der Waals surface area (Å²) in [6, 6.07) is 0. The summed E-state index contributed by atoms with van der Waals surface area (Å²) in [7, 11) is 1.54. The van der Waals surface area contributed by atoms with Gasteiger partial charge >= 0.3 is 5.69 Å². The highest BCUT2D eigenvalue weighted by molar-refractivity contribution is 5.60. The molecule has 7 heteroatoms. The molecule has 0 spiro atoms. The summed E-state index contributed by atoms with van der Waals surface area (Å²) in [6.45, 7) is 7.57. The van der Waals surface area contributed by atoms with Crippen LogP contribution in [0, 0.1) is 11.8 Å². The van der Waals surface area contributed by atoms with Crippen molar-refractivity contribution >= 4 is 11.5 Å². The molecule has 0 radical (unpaired) electrons. The molecular formula is C13H24N4O3.